The Labute approximate surface area is 194 Å². The first-order chi connectivity index (χ1) is 15.8. The van der Waals surface area contributed by atoms with E-state index in [1.165, 1.54) is 24.3 Å². The third kappa shape index (κ3) is 3.86. The van der Waals surface area contributed by atoms with Gasteiger partial charge in [-0.1, -0.05) is 24.3 Å². The van der Waals surface area contributed by atoms with Crippen LogP contribution in [0.4, 0.5) is 9.18 Å². The highest BCUT2D eigenvalue weighted by Crippen LogP contribution is 2.33. The lowest BCUT2D eigenvalue weighted by atomic mass is 9.92. The minimum atomic E-state index is -1.34. The van der Waals surface area contributed by atoms with Gasteiger partial charge in [0.15, 0.2) is 0 Å². The fourth-order valence-electron chi connectivity index (χ4n) is 4.52. The van der Waals surface area contributed by atoms with E-state index in [4.69, 9.17) is 4.98 Å². The molecule has 2 atom stereocenters. The summed E-state index contributed by atoms with van der Waals surface area (Å²) in [5, 5.41) is 3.67. The summed E-state index contributed by atoms with van der Waals surface area (Å²) >= 11 is 1.65. The van der Waals surface area contributed by atoms with Gasteiger partial charge in [0.2, 0.25) is 5.91 Å². The third-order valence-corrected chi connectivity index (χ3v) is 7.62. The average molecular weight is 467 g/mol. The van der Waals surface area contributed by atoms with E-state index < -0.39 is 23.3 Å². The number of thiazole rings is 1. The molecule has 33 heavy (non-hydrogen) atoms. The van der Waals surface area contributed by atoms with Crippen LogP contribution in [0.5, 0.6) is 0 Å². The monoisotopic (exact) mass is 466 g/mol. The molecule has 0 spiro atoms. The van der Waals surface area contributed by atoms with Gasteiger partial charge in [-0.25, -0.2) is 14.2 Å². The molecule has 3 aromatic rings. The number of hydrogen-bond donors (Lipinski definition) is 1. The van der Waals surface area contributed by atoms with Crippen LogP contribution in [-0.4, -0.2) is 52.3 Å². The summed E-state index contributed by atoms with van der Waals surface area (Å²) in [5.41, 5.74) is 0.0858. The van der Waals surface area contributed by atoms with Crippen molar-refractivity contribution in [1.29, 1.82) is 0 Å². The van der Waals surface area contributed by atoms with Gasteiger partial charge in [0.1, 0.15) is 17.9 Å². The maximum absolute atomic E-state index is 13.3. The largest absolute Gasteiger partial charge is 0.340 e. The Kier molecular flexibility index (Phi) is 5.36. The lowest BCUT2D eigenvalue weighted by Crippen LogP contribution is -2.47. The van der Waals surface area contributed by atoms with Crippen LogP contribution < -0.4 is 5.32 Å². The number of benzene rings is 2. The van der Waals surface area contributed by atoms with Crippen LogP contribution in [-0.2, 0) is 15.1 Å². The molecule has 5 rings (SSSR count). The molecule has 2 aliphatic rings. The van der Waals surface area contributed by atoms with Crippen molar-refractivity contribution in [2.75, 3.05) is 19.6 Å². The van der Waals surface area contributed by atoms with E-state index >= 15 is 0 Å². The number of urea groups is 1. The first-order valence-electron chi connectivity index (χ1n) is 10.9. The number of hydrogen-bond acceptors (Lipinski definition) is 5. The van der Waals surface area contributed by atoms with Gasteiger partial charge in [0.25, 0.3) is 5.91 Å². The minimum absolute atomic E-state index is 0.132. The molecule has 0 aliphatic carbocycles. The summed E-state index contributed by atoms with van der Waals surface area (Å²) in [5.74, 6) is -1.09. The van der Waals surface area contributed by atoms with Crippen LogP contribution in [0.2, 0.25) is 0 Å². The van der Waals surface area contributed by atoms with Crippen molar-refractivity contribution in [3.05, 3.63) is 64.9 Å². The number of para-hydroxylation sites is 1. The van der Waals surface area contributed by atoms with Crippen LogP contribution in [0, 0.1) is 5.82 Å². The van der Waals surface area contributed by atoms with Gasteiger partial charge in [-0.05, 0) is 49.6 Å². The number of nitrogens with zero attached hydrogens (tertiary/aromatic N) is 3. The molecule has 7 nitrogen and oxygen atoms in total. The summed E-state index contributed by atoms with van der Waals surface area (Å²) in [6.07, 6.45) is 1.77. The molecular weight excluding hydrogens is 443 g/mol. The fourth-order valence-corrected chi connectivity index (χ4v) is 5.62. The summed E-state index contributed by atoms with van der Waals surface area (Å²) in [4.78, 5) is 46.2. The van der Waals surface area contributed by atoms with Crippen LogP contribution >= 0.6 is 11.3 Å². The van der Waals surface area contributed by atoms with Crippen molar-refractivity contribution < 1.29 is 18.8 Å². The third-order valence-electron chi connectivity index (χ3n) is 6.42. The number of aromatic nitrogens is 1. The Morgan fingerprint density at radius 2 is 1.97 bits per heavy atom. The Balaban J connectivity index is 1.29. The predicted molar refractivity (Wildman–Crippen MR) is 122 cm³/mol. The van der Waals surface area contributed by atoms with Gasteiger partial charge >= 0.3 is 6.03 Å². The molecule has 2 saturated heterocycles. The standard InChI is InChI=1S/C24H23FN4O3S/c1-24(16-8-10-17(25)11-9-16)22(31)29(23(32)27-24)14-20(30)28-12-4-5-15(13-28)21-26-18-6-2-3-7-19(18)33-21/h2-3,6-11,15H,4-5,12-14H2,1H3,(H,27,32)/t15-,24+/m0/s1. The minimum Gasteiger partial charge on any atom is -0.340 e. The smallest absolute Gasteiger partial charge is 0.325 e. The molecule has 1 aromatic heterocycles. The molecule has 2 aliphatic heterocycles. The van der Waals surface area contributed by atoms with Crippen molar-refractivity contribution in [3.8, 4) is 0 Å². The van der Waals surface area contributed by atoms with Gasteiger partial charge in [-0.15, -0.1) is 11.3 Å². The summed E-state index contributed by atoms with van der Waals surface area (Å²) < 4.78 is 14.4. The van der Waals surface area contributed by atoms with Gasteiger partial charge < -0.3 is 10.2 Å². The molecular formula is C24H23FN4O3S. The zero-order valence-electron chi connectivity index (χ0n) is 18.1. The van der Waals surface area contributed by atoms with Crippen molar-refractivity contribution in [1.82, 2.24) is 20.1 Å². The summed E-state index contributed by atoms with van der Waals surface area (Å²) in [6, 6.07) is 12.7. The SMILES string of the molecule is C[C@]1(c2ccc(F)cc2)NC(=O)N(CC(=O)N2CCC[C@H](c3nc4ccccc4s3)C2)C1=O. The van der Waals surface area contributed by atoms with Gasteiger partial charge in [-0.3, -0.25) is 14.5 Å². The van der Waals surface area contributed by atoms with Crippen LogP contribution in [0.3, 0.4) is 0 Å². The van der Waals surface area contributed by atoms with Gasteiger partial charge in [0, 0.05) is 19.0 Å². The number of piperidine rings is 1. The van der Waals surface area contributed by atoms with E-state index in [2.05, 4.69) is 5.32 Å². The van der Waals surface area contributed by atoms with Gasteiger partial charge in [-0.2, -0.15) is 0 Å². The molecule has 4 amide bonds. The van der Waals surface area contributed by atoms with Crippen molar-refractivity contribution in [2.24, 2.45) is 0 Å². The van der Waals surface area contributed by atoms with Crippen LogP contribution in [0.25, 0.3) is 10.2 Å². The zero-order chi connectivity index (χ0) is 23.2. The van der Waals surface area contributed by atoms with Crippen molar-refractivity contribution in [3.63, 3.8) is 0 Å². The number of halogens is 1. The van der Waals surface area contributed by atoms with Gasteiger partial charge in [0.05, 0.1) is 15.2 Å². The normalized spacial score (nSPS) is 23.3. The quantitative estimate of drug-likeness (QED) is 0.596. The topological polar surface area (TPSA) is 82.6 Å². The van der Waals surface area contributed by atoms with E-state index in [0.717, 1.165) is 33.0 Å². The van der Waals surface area contributed by atoms with E-state index in [-0.39, 0.29) is 18.4 Å². The molecule has 1 N–H and O–H groups in total. The first kappa shape index (κ1) is 21.5. The Morgan fingerprint density at radius 3 is 2.73 bits per heavy atom. The zero-order valence-corrected chi connectivity index (χ0v) is 18.9. The predicted octanol–water partition coefficient (Wildman–Crippen LogP) is 3.61. The average Bonchev–Trinajstić information content (AvgIpc) is 3.35. The maximum Gasteiger partial charge on any atom is 0.325 e. The molecule has 9 heteroatoms. The van der Waals surface area contributed by atoms with E-state index in [0.29, 0.717) is 18.7 Å². The number of carbonyl (C=O) groups is 3. The molecule has 3 heterocycles. The number of nitrogens with one attached hydrogen (secondary N) is 1. The fraction of sp³-hybridized carbons (Fsp3) is 0.333. The first-order valence-corrected chi connectivity index (χ1v) is 11.7. The number of fused-ring (bicyclic) bond motifs is 1. The van der Waals surface area contributed by atoms with E-state index in [1.807, 2.05) is 24.3 Å². The Hall–Kier alpha value is -3.33. The van der Waals surface area contributed by atoms with E-state index in [9.17, 15) is 18.8 Å². The number of likely N-dealkylation sites (tertiary alicyclic amines) is 1. The number of amides is 4. The highest BCUT2D eigenvalue weighted by Gasteiger charge is 2.49. The second kappa shape index (κ2) is 8.22. The van der Waals surface area contributed by atoms with Crippen LogP contribution in [0.1, 0.15) is 36.3 Å². The number of imide groups is 1. The highest BCUT2D eigenvalue weighted by molar-refractivity contribution is 7.18. The molecule has 0 saturated carbocycles. The Bertz CT molecular complexity index is 1210. The van der Waals surface area contributed by atoms with Crippen molar-refractivity contribution >= 4 is 39.4 Å². The maximum atomic E-state index is 13.3. The summed E-state index contributed by atoms with van der Waals surface area (Å²) in [7, 11) is 0. The van der Waals surface area contributed by atoms with Crippen molar-refractivity contribution in [2.45, 2.75) is 31.2 Å². The molecule has 2 aromatic carbocycles. The van der Waals surface area contributed by atoms with Crippen LogP contribution in [0.15, 0.2) is 48.5 Å². The number of rotatable bonds is 4. The molecule has 0 unspecified atom stereocenters. The lowest BCUT2D eigenvalue weighted by Gasteiger charge is -2.32. The van der Waals surface area contributed by atoms with E-state index in [1.54, 1.807) is 23.2 Å². The second-order valence-corrected chi connectivity index (χ2v) is 9.71. The molecule has 170 valence electrons. The second-order valence-electron chi connectivity index (χ2n) is 8.65. The lowest BCUT2D eigenvalue weighted by molar-refractivity contribution is -0.139. The number of carbonyl (C=O) groups excluding carboxylic acids is 3. The molecule has 2 fully saturated rings. The highest BCUT2D eigenvalue weighted by atomic mass is 32.1. The molecule has 0 bridgehead atoms. The Morgan fingerprint density at radius 1 is 1.21 bits per heavy atom. The summed E-state index contributed by atoms with van der Waals surface area (Å²) in [6.45, 7) is 2.33. The molecule has 0 radical (unpaired) electrons.